The lowest BCUT2D eigenvalue weighted by atomic mass is 9.99. The number of hydrogen-bond donors (Lipinski definition) is 2. The molecule has 0 radical (unpaired) electrons. The van der Waals surface area contributed by atoms with Crippen LogP contribution in [-0.4, -0.2) is 37.5 Å². The second-order valence-electron chi connectivity index (χ2n) is 10.1. The van der Waals surface area contributed by atoms with E-state index in [0.717, 1.165) is 0 Å². The van der Waals surface area contributed by atoms with Gasteiger partial charge in [0, 0.05) is 11.6 Å². The van der Waals surface area contributed by atoms with Gasteiger partial charge < -0.3 is 15.2 Å². The summed E-state index contributed by atoms with van der Waals surface area (Å²) in [7, 11) is -4.32. The van der Waals surface area contributed by atoms with Crippen LogP contribution in [0.2, 0.25) is 0 Å². The zero-order valence-corrected chi connectivity index (χ0v) is 22.2. The van der Waals surface area contributed by atoms with Crippen molar-refractivity contribution >= 4 is 21.7 Å². The van der Waals surface area contributed by atoms with Gasteiger partial charge in [-0.3, -0.25) is 4.79 Å². The first-order chi connectivity index (χ1) is 17.2. The maximum atomic E-state index is 14.9. The Balaban J connectivity index is 1.95. The van der Waals surface area contributed by atoms with Crippen molar-refractivity contribution in [3.05, 3.63) is 59.9 Å². The Hall–Kier alpha value is -3.73. The van der Waals surface area contributed by atoms with Gasteiger partial charge in [0.2, 0.25) is 5.88 Å². The van der Waals surface area contributed by atoms with E-state index in [2.05, 4.69) is 9.97 Å². The number of halogens is 1. The number of carbonyl (C=O) groups is 1. The third-order valence-electron chi connectivity index (χ3n) is 4.79. The number of nitrogens with one attached hydrogen (secondary N) is 1. The molecule has 9 nitrogen and oxygen atoms in total. The second-order valence-corrected chi connectivity index (χ2v) is 11.7. The molecule has 11 heteroatoms. The Bertz CT molecular complexity index is 1390. The summed E-state index contributed by atoms with van der Waals surface area (Å²) in [5, 5.41) is -0.413. The molecule has 0 bridgehead atoms. The molecule has 0 saturated heterocycles. The van der Waals surface area contributed by atoms with Crippen LogP contribution >= 0.6 is 0 Å². The van der Waals surface area contributed by atoms with Crippen LogP contribution in [0.5, 0.6) is 11.6 Å². The van der Waals surface area contributed by atoms with Crippen molar-refractivity contribution in [1.82, 2.24) is 14.7 Å². The minimum absolute atomic E-state index is 0.0156. The van der Waals surface area contributed by atoms with E-state index in [-0.39, 0.29) is 46.5 Å². The van der Waals surface area contributed by atoms with Crippen LogP contribution in [0.1, 0.15) is 45.0 Å². The number of anilines is 1. The number of aromatic nitrogens is 2. The van der Waals surface area contributed by atoms with E-state index in [9.17, 15) is 17.6 Å². The molecule has 0 atom stereocenters. The average molecular weight is 531 g/mol. The molecule has 2 aromatic heterocycles. The normalized spacial score (nSPS) is 11.9. The fourth-order valence-electron chi connectivity index (χ4n) is 3.02. The first-order valence-corrected chi connectivity index (χ1v) is 13.1. The number of rotatable bonds is 9. The summed E-state index contributed by atoms with van der Waals surface area (Å²) < 4.78 is 53.6. The van der Waals surface area contributed by atoms with Crippen LogP contribution in [0.3, 0.4) is 0 Å². The molecule has 1 amide bonds. The molecule has 0 aliphatic rings. The maximum absolute atomic E-state index is 14.9. The van der Waals surface area contributed by atoms with Gasteiger partial charge >= 0.3 is 0 Å². The number of pyridine rings is 2. The van der Waals surface area contributed by atoms with Crippen LogP contribution in [0.4, 0.5) is 10.2 Å². The van der Waals surface area contributed by atoms with Crippen LogP contribution < -0.4 is 19.9 Å². The molecule has 0 aliphatic heterocycles. The predicted octanol–water partition coefficient (Wildman–Crippen LogP) is 4.44. The van der Waals surface area contributed by atoms with Gasteiger partial charge in [-0.1, -0.05) is 40.7 Å². The van der Waals surface area contributed by atoms with Gasteiger partial charge in [0.1, 0.15) is 22.9 Å². The Morgan fingerprint density at radius 2 is 1.81 bits per heavy atom. The minimum Gasteiger partial charge on any atom is -0.493 e. The van der Waals surface area contributed by atoms with Crippen LogP contribution in [0.25, 0.3) is 11.3 Å². The Kier molecular flexibility index (Phi) is 8.37. The maximum Gasteiger partial charge on any atom is 0.281 e. The number of carbonyl (C=O) groups excluding carboxylic acids is 1. The predicted molar refractivity (Wildman–Crippen MR) is 138 cm³/mol. The SMILES string of the molecule is CC(C)COc1ccc(-c2ccc(C(=O)NS(=O)(=O)c3cccc(N)n3)c(OCC(C)(C)C)n2)c(F)c1. The highest BCUT2D eigenvalue weighted by Crippen LogP contribution is 2.29. The summed E-state index contributed by atoms with van der Waals surface area (Å²) >= 11 is 0. The van der Waals surface area contributed by atoms with E-state index in [1.54, 1.807) is 6.07 Å². The number of benzene rings is 1. The largest absolute Gasteiger partial charge is 0.493 e. The first-order valence-electron chi connectivity index (χ1n) is 11.6. The van der Waals surface area contributed by atoms with Gasteiger partial charge in [-0.2, -0.15) is 8.42 Å². The minimum atomic E-state index is -4.32. The molecule has 0 spiro atoms. The van der Waals surface area contributed by atoms with Crippen molar-refractivity contribution in [2.24, 2.45) is 11.3 Å². The number of nitrogen functional groups attached to an aromatic ring is 1. The van der Waals surface area contributed by atoms with Gasteiger partial charge in [0.25, 0.3) is 15.9 Å². The second kappa shape index (κ2) is 11.1. The number of nitrogens with zero attached hydrogens (tertiary/aromatic N) is 2. The lowest BCUT2D eigenvalue weighted by Crippen LogP contribution is -2.32. The lowest BCUT2D eigenvalue weighted by molar-refractivity contribution is 0.0972. The van der Waals surface area contributed by atoms with Crippen molar-refractivity contribution in [2.45, 2.75) is 39.6 Å². The van der Waals surface area contributed by atoms with Gasteiger partial charge in [-0.05, 0) is 47.7 Å². The van der Waals surface area contributed by atoms with E-state index in [1.807, 2.05) is 39.3 Å². The van der Waals surface area contributed by atoms with E-state index in [4.69, 9.17) is 15.2 Å². The molecule has 1 aromatic carbocycles. The molecule has 0 fully saturated rings. The first kappa shape index (κ1) is 27.9. The molecule has 3 aromatic rings. The molecular formula is C26H31FN4O5S. The number of ether oxygens (including phenoxy) is 2. The van der Waals surface area contributed by atoms with Gasteiger partial charge in [-0.25, -0.2) is 19.1 Å². The Labute approximate surface area is 216 Å². The van der Waals surface area contributed by atoms with Gasteiger partial charge in [0.05, 0.1) is 18.9 Å². The fraction of sp³-hybridized carbons (Fsp3) is 0.346. The fourth-order valence-corrected chi connectivity index (χ4v) is 3.97. The zero-order chi connectivity index (χ0) is 27.4. The molecule has 2 heterocycles. The third-order valence-corrected chi connectivity index (χ3v) is 6.03. The van der Waals surface area contributed by atoms with Gasteiger partial charge in [-0.15, -0.1) is 0 Å². The standard InChI is InChI=1S/C26H31FN4O5S/c1-16(2)14-35-17-9-10-18(20(27)13-17)21-12-11-19(25(29-21)36-15-26(3,4)5)24(32)31-37(33,34)23-8-6-7-22(28)30-23/h6-13,16H,14-15H2,1-5H3,(H2,28,30)(H,31,32). The smallest absolute Gasteiger partial charge is 0.281 e. The van der Waals surface area contributed by atoms with E-state index >= 15 is 0 Å². The third kappa shape index (κ3) is 7.63. The van der Waals surface area contributed by atoms with Crippen LogP contribution in [0, 0.1) is 17.2 Å². The van der Waals surface area contributed by atoms with Crippen molar-refractivity contribution in [2.75, 3.05) is 18.9 Å². The summed E-state index contributed by atoms with van der Waals surface area (Å²) in [5.74, 6) is -1.04. The van der Waals surface area contributed by atoms with Crippen molar-refractivity contribution in [1.29, 1.82) is 0 Å². The molecule has 37 heavy (non-hydrogen) atoms. The Morgan fingerprint density at radius 3 is 2.43 bits per heavy atom. The lowest BCUT2D eigenvalue weighted by Gasteiger charge is -2.20. The van der Waals surface area contributed by atoms with Crippen LogP contribution in [0.15, 0.2) is 53.6 Å². The van der Waals surface area contributed by atoms with Crippen molar-refractivity contribution in [3.8, 4) is 22.9 Å². The number of sulfonamides is 1. The number of nitrogens with two attached hydrogens (primary N) is 1. The summed E-state index contributed by atoms with van der Waals surface area (Å²) in [6.45, 7) is 10.3. The Morgan fingerprint density at radius 1 is 1.08 bits per heavy atom. The van der Waals surface area contributed by atoms with Crippen molar-refractivity contribution in [3.63, 3.8) is 0 Å². The van der Waals surface area contributed by atoms with Crippen LogP contribution in [-0.2, 0) is 10.0 Å². The van der Waals surface area contributed by atoms with E-state index < -0.39 is 26.8 Å². The molecule has 0 unspecified atom stereocenters. The molecule has 0 aliphatic carbocycles. The molecule has 198 valence electrons. The average Bonchev–Trinajstić information content (AvgIpc) is 2.80. The highest BCUT2D eigenvalue weighted by Gasteiger charge is 2.25. The molecule has 3 rings (SSSR count). The quantitative estimate of drug-likeness (QED) is 0.415. The molecule has 3 N–H and O–H groups in total. The van der Waals surface area contributed by atoms with E-state index in [0.29, 0.717) is 12.4 Å². The summed E-state index contributed by atoms with van der Waals surface area (Å²) in [6, 6.07) is 11.2. The molecular weight excluding hydrogens is 499 g/mol. The monoisotopic (exact) mass is 530 g/mol. The number of hydrogen-bond acceptors (Lipinski definition) is 8. The van der Waals surface area contributed by atoms with Gasteiger partial charge in [0.15, 0.2) is 5.03 Å². The number of amides is 1. The molecule has 0 saturated carbocycles. The highest BCUT2D eigenvalue weighted by atomic mass is 32.2. The summed E-state index contributed by atoms with van der Waals surface area (Å²) in [6.07, 6.45) is 0. The topological polar surface area (TPSA) is 134 Å². The summed E-state index contributed by atoms with van der Waals surface area (Å²) in [4.78, 5) is 21.1. The van der Waals surface area contributed by atoms with Crippen molar-refractivity contribution < 1.29 is 27.1 Å². The highest BCUT2D eigenvalue weighted by molar-refractivity contribution is 7.90. The van der Waals surface area contributed by atoms with E-state index in [1.165, 1.54) is 42.5 Å². The zero-order valence-electron chi connectivity index (χ0n) is 21.4. The summed E-state index contributed by atoms with van der Waals surface area (Å²) in [5.41, 5.74) is 5.50.